The van der Waals surface area contributed by atoms with Crippen LogP contribution in [0, 0.1) is 0 Å². The summed E-state index contributed by atoms with van der Waals surface area (Å²) in [5.41, 5.74) is 19.1. The van der Waals surface area contributed by atoms with Crippen LogP contribution in [0.15, 0.2) is 237 Å². The smallest absolute Gasteiger partial charge is 0.194 e. The van der Waals surface area contributed by atoms with E-state index in [4.69, 9.17) is 9.47 Å². The second kappa shape index (κ2) is 13.6. The first kappa shape index (κ1) is 36.1. The van der Waals surface area contributed by atoms with E-state index in [0.29, 0.717) is 17.2 Å². The molecule has 0 N–H and O–H groups in total. The number of hydrogen-bond acceptors (Lipinski definition) is 3. The number of hydrogen-bond donors (Lipinski definition) is 0. The molecule has 3 aliphatic carbocycles. The number of ether oxygens (including phenoxy) is 2. The minimum absolute atomic E-state index is 0.501. The lowest BCUT2D eigenvalue weighted by molar-refractivity contribution is 0.361. The second-order valence-corrected chi connectivity index (χ2v) is 17.4. The summed E-state index contributed by atoms with van der Waals surface area (Å²) in [4.78, 5) is 2.33. The quantitative estimate of drug-likeness (QED) is 0.172. The van der Waals surface area contributed by atoms with E-state index in [1.165, 1.54) is 66.8 Å². The molecule has 3 heteroatoms. The van der Waals surface area contributed by atoms with Gasteiger partial charge in [-0.2, -0.15) is 0 Å². The van der Waals surface area contributed by atoms with Crippen LogP contribution in [-0.4, -0.2) is 0 Å². The van der Waals surface area contributed by atoms with Gasteiger partial charge >= 0.3 is 0 Å². The lowest BCUT2D eigenvalue weighted by atomic mass is 9.67. The number of rotatable bonds is 5. The SMILES string of the molecule is c1ccc(N(c2ccc3c(c2)C(c2ccccc2)(c2ccccc2)c2ccccc2-3)c2cccc3c2Oc2c(ccc4c2-c2ccccc2C42c4ccccc4-c4ccccc42)O3)cc1. The average Bonchev–Trinajstić information content (AvgIpc) is 3.97. The van der Waals surface area contributed by atoms with Crippen LogP contribution in [0.3, 0.4) is 0 Å². The molecule has 3 nitrogen and oxygen atoms in total. The molecule has 4 aliphatic rings. The summed E-state index contributed by atoms with van der Waals surface area (Å²) in [6, 6.07) is 85.8. The van der Waals surface area contributed by atoms with Gasteiger partial charge in [0.05, 0.1) is 16.5 Å². The fourth-order valence-corrected chi connectivity index (χ4v) is 12.0. The number of anilines is 3. The molecule has 0 aromatic heterocycles. The summed E-state index contributed by atoms with van der Waals surface area (Å²) in [5, 5.41) is 0. The molecule has 0 amide bonds. The number of nitrogens with zero attached hydrogens (tertiary/aromatic N) is 1. The third kappa shape index (κ3) is 4.74. The molecule has 0 radical (unpaired) electrons. The standard InChI is InChI=1S/C62H39NO2/c1-4-19-40(20-5-1)61(41-21-6-2-7-22-41)49-29-14-10-27-46(49)47-36-35-43(39-54(47)61)63(42-23-8-3-9-24-42)55-33-18-34-56-59(55)65-60-57(64-56)38-37-53-58(60)48-28-13-17-32-52(48)62(53)50-30-15-11-25-44(50)45-26-12-16-31-51(45)62/h1-39H. The Bertz CT molecular complexity index is 3470. The van der Waals surface area contributed by atoms with Gasteiger partial charge in [-0.1, -0.05) is 194 Å². The van der Waals surface area contributed by atoms with E-state index in [1.807, 2.05) is 6.07 Å². The number of fused-ring (bicyclic) bond motifs is 16. The normalized spacial score (nSPS) is 14.3. The maximum atomic E-state index is 7.47. The fourth-order valence-electron chi connectivity index (χ4n) is 12.0. The van der Waals surface area contributed by atoms with Crippen molar-refractivity contribution in [3.8, 4) is 56.4 Å². The first-order chi connectivity index (χ1) is 32.3. The predicted octanol–water partition coefficient (Wildman–Crippen LogP) is 15.8. The molecular weight excluding hydrogens is 791 g/mol. The third-order valence-corrected chi connectivity index (χ3v) is 14.4. The van der Waals surface area contributed by atoms with E-state index in [-0.39, 0.29) is 0 Å². The summed E-state index contributed by atoms with van der Waals surface area (Å²) in [6.45, 7) is 0. The van der Waals surface area contributed by atoms with Gasteiger partial charge in [0.25, 0.3) is 0 Å². The summed E-state index contributed by atoms with van der Waals surface area (Å²) in [5.74, 6) is 2.78. The molecule has 10 aromatic rings. The van der Waals surface area contributed by atoms with Crippen molar-refractivity contribution in [3.05, 3.63) is 281 Å². The van der Waals surface area contributed by atoms with Crippen LogP contribution in [0.2, 0.25) is 0 Å². The van der Waals surface area contributed by atoms with E-state index in [1.54, 1.807) is 0 Å². The first-order valence-corrected chi connectivity index (χ1v) is 22.4. The summed E-state index contributed by atoms with van der Waals surface area (Å²) in [7, 11) is 0. The molecule has 0 fully saturated rings. The Morgan fingerprint density at radius 2 is 0.785 bits per heavy atom. The van der Waals surface area contributed by atoms with Crippen LogP contribution in [0.4, 0.5) is 17.1 Å². The zero-order valence-corrected chi connectivity index (χ0v) is 35.3. The fraction of sp³-hybridized carbons (Fsp3) is 0.0323. The van der Waals surface area contributed by atoms with E-state index < -0.39 is 10.8 Å². The van der Waals surface area contributed by atoms with Gasteiger partial charge in [-0.05, 0) is 115 Å². The van der Waals surface area contributed by atoms with Crippen molar-refractivity contribution in [2.75, 3.05) is 4.90 Å². The maximum Gasteiger partial charge on any atom is 0.194 e. The van der Waals surface area contributed by atoms with Crippen LogP contribution in [-0.2, 0) is 10.8 Å². The lowest BCUT2D eigenvalue weighted by Crippen LogP contribution is -2.28. The minimum atomic E-state index is -0.553. The topological polar surface area (TPSA) is 21.7 Å². The molecule has 0 saturated carbocycles. The van der Waals surface area contributed by atoms with E-state index >= 15 is 0 Å². The molecule has 0 saturated heterocycles. The van der Waals surface area contributed by atoms with Gasteiger partial charge < -0.3 is 14.4 Å². The molecular formula is C62H39NO2. The van der Waals surface area contributed by atoms with E-state index in [9.17, 15) is 0 Å². The van der Waals surface area contributed by atoms with E-state index in [0.717, 1.165) is 33.9 Å². The van der Waals surface area contributed by atoms with E-state index in [2.05, 4.69) is 235 Å². The summed E-state index contributed by atoms with van der Waals surface area (Å²) < 4.78 is 14.5. The Kier molecular flexibility index (Phi) is 7.53. The van der Waals surface area contributed by atoms with Crippen LogP contribution in [0.1, 0.15) is 44.5 Å². The maximum absolute atomic E-state index is 7.47. The third-order valence-electron chi connectivity index (χ3n) is 14.4. The van der Waals surface area contributed by atoms with Gasteiger partial charge in [-0.15, -0.1) is 0 Å². The Balaban J connectivity index is 0.983. The van der Waals surface area contributed by atoms with Crippen LogP contribution in [0.25, 0.3) is 33.4 Å². The van der Waals surface area contributed by atoms with Gasteiger partial charge in [-0.25, -0.2) is 0 Å². The number of benzene rings is 10. The zero-order valence-electron chi connectivity index (χ0n) is 35.3. The molecule has 0 atom stereocenters. The highest BCUT2D eigenvalue weighted by Crippen LogP contribution is 2.67. The molecule has 0 bridgehead atoms. The van der Waals surface area contributed by atoms with Crippen molar-refractivity contribution in [1.29, 1.82) is 0 Å². The highest BCUT2D eigenvalue weighted by molar-refractivity contribution is 5.98. The van der Waals surface area contributed by atoms with Crippen LogP contribution in [0.5, 0.6) is 23.0 Å². The van der Waals surface area contributed by atoms with Gasteiger partial charge in [0.2, 0.25) is 0 Å². The molecule has 14 rings (SSSR count). The molecule has 1 spiro atoms. The molecule has 304 valence electrons. The number of para-hydroxylation sites is 2. The van der Waals surface area contributed by atoms with Crippen LogP contribution >= 0.6 is 0 Å². The van der Waals surface area contributed by atoms with Crippen molar-refractivity contribution in [3.63, 3.8) is 0 Å². The predicted molar refractivity (Wildman–Crippen MR) is 261 cm³/mol. The van der Waals surface area contributed by atoms with Crippen LogP contribution < -0.4 is 14.4 Å². The Hall–Kier alpha value is -8.40. The Morgan fingerprint density at radius 3 is 1.40 bits per heavy atom. The van der Waals surface area contributed by atoms with Gasteiger partial charge in [0, 0.05) is 16.9 Å². The van der Waals surface area contributed by atoms with Crippen molar-refractivity contribution in [2.45, 2.75) is 10.8 Å². The van der Waals surface area contributed by atoms with Crippen molar-refractivity contribution < 1.29 is 9.47 Å². The largest absolute Gasteiger partial charge is 0.449 e. The molecule has 1 aliphatic heterocycles. The van der Waals surface area contributed by atoms with Gasteiger partial charge in [0.1, 0.15) is 0 Å². The Labute approximate surface area is 378 Å². The zero-order chi connectivity index (χ0) is 42.7. The second-order valence-electron chi connectivity index (χ2n) is 17.4. The van der Waals surface area contributed by atoms with Crippen molar-refractivity contribution in [1.82, 2.24) is 0 Å². The average molecular weight is 830 g/mol. The highest BCUT2D eigenvalue weighted by Gasteiger charge is 2.53. The van der Waals surface area contributed by atoms with Gasteiger partial charge in [0.15, 0.2) is 23.0 Å². The van der Waals surface area contributed by atoms with Crippen molar-refractivity contribution in [2.24, 2.45) is 0 Å². The minimum Gasteiger partial charge on any atom is -0.449 e. The lowest BCUT2D eigenvalue weighted by Gasteiger charge is -2.35. The molecule has 1 heterocycles. The highest BCUT2D eigenvalue weighted by atomic mass is 16.6. The molecule has 10 aromatic carbocycles. The van der Waals surface area contributed by atoms with Crippen molar-refractivity contribution >= 4 is 17.1 Å². The summed E-state index contributed by atoms with van der Waals surface area (Å²) >= 11 is 0. The monoisotopic (exact) mass is 829 g/mol. The molecule has 0 unspecified atom stereocenters. The first-order valence-electron chi connectivity index (χ1n) is 22.4. The summed E-state index contributed by atoms with van der Waals surface area (Å²) in [6.07, 6.45) is 0. The molecule has 65 heavy (non-hydrogen) atoms. The van der Waals surface area contributed by atoms with Gasteiger partial charge in [-0.3, -0.25) is 0 Å². The Morgan fingerprint density at radius 1 is 0.292 bits per heavy atom.